The van der Waals surface area contributed by atoms with Crippen molar-refractivity contribution in [2.75, 3.05) is 32.8 Å². The fraction of sp³-hybridized carbons (Fsp3) is 0.636. The molecule has 2 rings (SSSR count). The second-order valence-electron chi connectivity index (χ2n) is 7.13. The topological polar surface area (TPSA) is 66.0 Å². The molecule has 7 heteroatoms. The lowest BCUT2D eigenvalue weighted by atomic mass is 10.1. The van der Waals surface area contributed by atoms with E-state index in [1.807, 2.05) is 17.0 Å². The van der Waals surface area contributed by atoms with Crippen LogP contribution in [0.3, 0.4) is 0 Å². The maximum absolute atomic E-state index is 12.4. The van der Waals surface area contributed by atoms with Gasteiger partial charge in [-0.15, -0.1) is 24.0 Å². The minimum atomic E-state index is 0. The highest BCUT2D eigenvalue weighted by Gasteiger charge is 2.22. The van der Waals surface area contributed by atoms with Crippen molar-refractivity contribution in [1.82, 2.24) is 15.5 Å². The molecular formula is C22H37IN4O2. The van der Waals surface area contributed by atoms with Gasteiger partial charge in [-0.2, -0.15) is 0 Å². The molecule has 164 valence electrons. The number of ether oxygens (including phenoxy) is 1. The number of halogens is 1. The van der Waals surface area contributed by atoms with Gasteiger partial charge < -0.3 is 20.3 Å². The summed E-state index contributed by atoms with van der Waals surface area (Å²) < 4.78 is 5.57. The molecular weight excluding hydrogens is 479 g/mol. The Hall–Kier alpha value is -1.35. The summed E-state index contributed by atoms with van der Waals surface area (Å²) in [5.74, 6) is 1.03. The Bertz CT molecular complexity index is 600. The van der Waals surface area contributed by atoms with Crippen LogP contribution in [-0.2, 0) is 22.6 Å². The molecule has 0 saturated carbocycles. The van der Waals surface area contributed by atoms with E-state index in [0.717, 1.165) is 64.6 Å². The van der Waals surface area contributed by atoms with Gasteiger partial charge in [0.2, 0.25) is 5.91 Å². The van der Waals surface area contributed by atoms with Crippen LogP contribution in [0, 0.1) is 0 Å². The van der Waals surface area contributed by atoms with Crippen LogP contribution in [0.15, 0.2) is 29.3 Å². The number of amides is 1. The Morgan fingerprint density at radius 2 is 1.76 bits per heavy atom. The molecule has 0 saturated heterocycles. The van der Waals surface area contributed by atoms with Crippen LogP contribution in [0.25, 0.3) is 0 Å². The first kappa shape index (κ1) is 25.7. The number of carbonyl (C=O) groups excluding carboxylic acids is 1. The Balaban J connectivity index is 0.00000420. The minimum absolute atomic E-state index is 0. The molecule has 6 nitrogen and oxygen atoms in total. The predicted molar refractivity (Wildman–Crippen MR) is 130 cm³/mol. The number of fused-ring (bicyclic) bond motifs is 1. The SMILES string of the molecule is CCCCOCCCNC(=NCCCC(=O)N1Cc2ccccc2C1)NCC.I. The molecule has 1 amide bonds. The van der Waals surface area contributed by atoms with Gasteiger partial charge in [0.25, 0.3) is 0 Å². The summed E-state index contributed by atoms with van der Waals surface area (Å²) in [4.78, 5) is 19.0. The van der Waals surface area contributed by atoms with Crippen molar-refractivity contribution >= 4 is 35.8 Å². The number of guanidine groups is 1. The summed E-state index contributed by atoms with van der Waals surface area (Å²) >= 11 is 0. The quantitative estimate of drug-likeness (QED) is 0.193. The fourth-order valence-corrected chi connectivity index (χ4v) is 3.16. The summed E-state index contributed by atoms with van der Waals surface area (Å²) in [6.07, 6.45) is 4.56. The highest BCUT2D eigenvalue weighted by molar-refractivity contribution is 14.0. The zero-order valence-corrected chi connectivity index (χ0v) is 20.2. The van der Waals surface area contributed by atoms with Gasteiger partial charge in [0, 0.05) is 52.4 Å². The van der Waals surface area contributed by atoms with Crippen molar-refractivity contribution in [3.05, 3.63) is 35.4 Å². The molecule has 0 spiro atoms. The van der Waals surface area contributed by atoms with Gasteiger partial charge in [0.05, 0.1) is 0 Å². The molecule has 1 aliphatic rings. The van der Waals surface area contributed by atoms with Gasteiger partial charge in [-0.25, -0.2) is 0 Å². The van der Waals surface area contributed by atoms with Gasteiger partial charge in [-0.1, -0.05) is 37.6 Å². The average Bonchev–Trinajstić information content (AvgIpc) is 3.14. The maximum Gasteiger partial charge on any atom is 0.223 e. The molecule has 0 aromatic heterocycles. The third-order valence-electron chi connectivity index (χ3n) is 4.76. The van der Waals surface area contributed by atoms with Crippen molar-refractivity contribution in [2.45, 2.75) is 59.0 Å². The molecule has 0 atom stereocenters. The van der Waals surface area contributed by atoms with Gasteiger partial charge in [-0.3, -0.25) is 9.79 Å². The molecule has 1 aliphatic heterocycles. The van der Waals surface area contributed by atoms with Crippen molar-refractivity contribution < 1.29 is 9.53 Å². The fourth-order valence-electron chi connectivity index (χ4n) is 3.16. The van der Waals surface area contributed by atoms with E-state index in [0.29, 0.717) is 13.0 Å². The van der Waals surface area contributed by atoms with Crippen LogP contribution < -0.4 is 10.6 Å². The third kappa shape index (κ3) is 9.80. The van der Waals surface area contributed by atoms with Gasteiger partial charge in [0.1, 0.15) is 0 Å². The van der Waals surface area contributed by atoms with Gasteiger partial charge >= 0.3 is 0 Å². The van der Waals surface area contributed by atoms with Crippen molar-refractivity contribution in [3.63, 3.8) is 0 Å². The molecule has 2 N–H and O–H groups in total. The number of aliphatic imine (C=N–C) groups is 1. The lowest BCUT2D eigenvalue weighted by molar-refractivity contribution is -0.131. The minimum Gasteiger partial charge on any atom is -0.381 e. The van der Waals surface area contributed by atoms with Gasteiger partial charge in [0.15, 0.2) is 5.96 Å². The molecule has 1 heterocycles. The summed E-state index contributed by atoms with van der Waals surface area (Å²) in [6, 6.07) is 8.29. The molecule has 0 fully saturated rings. The van der Waals surface area contributed by atoms with Crippen LogP contribution in [0.5, 0.6) is 0 Å². The van der Waals surface area contributed by atoms with Crippen LogP contribution in [-0.4, -0.2) is 49.6 Å². The molecule has 0 radical (unpaired) electrons. The smallest absolute Gasteiger partial charge is 0.223 e. The second-order valence-corrected chi connectivity index (χ2v) is 7.13. The number of hydrogen-bond acceptors (Lipinski definition) is 3. The van der Waals surface area contributed by atoms with E-state index in [1.165, 1.54) is 17.5 Å². The summed E-state index contributed by atoms with van der Waals surface area (Å²) in [5, 5.41) is 6.58. The zero-order valence-electron chi connectivity index (χ0n) is 17.9. The number of carbonyl (C=O) groups is 1. The van der Waals surface area contributed by atoms with E-state index in [4.69, 9.17) is 4.74 Å². The molecule has 0 bridgehead atoms. The Labute approximate surface area is 192 Å². The molecule has 0 unspecified atom stereocenters. The monoisotopic (exact) mass is 516 g/mol. The van der Waals surface area contributed by atoms with E-state index in [9.17, 15) is 4.79 Å². The van der Waals surface area contributed by atoms with Crippen molar-refractivity contribution in [3.8, 4) is 0 Å². The number of nitrogens with one attached hydrogen (secondary N) is 2. The first-order valence-electron chi connectivity index (χ1n) is 10.7. The molecule has 1 aromatic rings. The normalized spacial score (nSPS) is 13.0. The van der Waals surface area contributed by atoms with E-state index < -0.39 is 0 Å². The first-order valence-corrected chi connectivity index (χ1v) is 10.7. The van der Waals surface area contributed by atoms with E-state index >= 15 is 0 Å². The lowest BCUT2D eigenvalue weighted by Gasteiger charge is -2.15. The summed E-state index contributed by atoms with van der Waals surface area (Å²) in [5.41, 5.74) is 2.54. The summed E-state index contributed by atoms with van der Waals surface area (Å²) in [6.45, 7) is 9.63. The third-order valence-corrected chi connectivity index (χ3v) is 4.76. The van der Waals surface area contributed by atoms with Crippen molar-refractivity contribution in [2.24, 2.45) is 4.99 Å². The van der Waals surface area contributed by atoms with Crippen LogP contribution in [0.4, 0.5) is 0 Å². The van der Waals surface area contributed by atoms with Crippen molar-refractivity contribution in [1.29, 1.82) is 0 Å². The predicted octanol–water partition coefficient (Wildman–Crippen LogP) is 3.69. The number of benzene rings is 1. The highest BCUT2D eigenvalue weighted by Crippen LogP contribution is 2.22. The van der Waals surface area contributed by atoms with Crippen LogP contribution in [0.1, 0.15) is 57.1 Å². The number of hydrogen-bond donors (Lipinski definition) is 2. The second kappa shape index (κ2) is 15.5. The van der Waals surface area contributed by atoms with E-state index in [1.54, 1.807) is 0 Å². The maximum atomic E-state index is 12.4. The first-order chi connectivity index (χ1) is 13.7. The van der Waals surface area contributed by atoms with Gasteiger partial charge in [-0.05, 0) is 37.3 Å². The average molecular weight is 516 g/mol. The Morgan fingerprint density at radius 3 is 2.41 bits per heavy atom. The lowest BCUT2D eigenvalue weighted by Crippen LogP contribution is -2.38. The molecule has 1 aromatic carbocycles. The number of nitrogens with zero attached hydrogens (tertiary/aromatic N) is 2. The molecule has 0 aliphatic carbocycles. The Kier molecular flexibility index (Phi) is 13.7. The largest absolute Gasteiger partial charge is 0.381 e. The van der Waals surface area contributed by atoms with E-state index in [2.05, 4.69) is 41.6 Å². The summed E-state index contributed by atoms with van der Waals surface area (Å²) in [7, 11) is 0. The van der Waals surface area contributed by atoms with Crippen LogP contribution >= 0.6 is 24.0 Å². The number of rotatable bonds is 12. The highest BCUT2D eigenvalue weighted by atomic mass is 127. The number of unbranched alkanes of at least 4 members (excludes halogenated alkanes) is 1. The standard InChI is InChI=1S/C22H36N4O2.HI/c1-3-5-15-28-16-9-14-25-22(23-4-2)24-13-8-12-21(27)26-17-19-10-6-7-11-20(19)18-26;/h6-7,10-11H,3-5,8-9,12-18H2,1-2H3,(H2,23,24,25);1H. The Morgan fingerprint density at radius 1 is 1.07 bits per heavy atom. The van der Waals surface area contributed by atoms with Crippen LogP contribution in [0.2, 0.25) is 0 Å². The zero-order chi connectivity index (χ0) is 20.0. The van der Waals surface area contributed by atoms with E-state index in [-0.39, 0.29) is 29.9 Å². The molecule has 29 heavy (non-hydrogen) atoms.